The molecule has 0 spiro atoms. The molecule has 0 radical (unpaired) electrons. The van der Waals surface area contributed by atoms with Crippen LogP contribution < -0.4 is 18.4 Å². The second-order valence-corrected chi connectivity index (χ2v) is 9.01. The van der Waals surface area contributed by atoms with Crippen LogP contribution in [0.5, 0.6) is 23.0 Å². The molecule has 3 aromatic rings. The summed E-state index contributed by atoms with van der Waals surface area (Å²) < 4.78 is 36.3. The SMILES string of the molecule is COc1cc2c(cc1OC)C1Cc3ccc(OSc4cccc(F)c4)c(OC)c3CN1CC2. The Morgan fingerprint density at radius 2 is 1.73 bits per heavy atom. The van der Waals surface area contributed by atoms with Crippen molar-refractivity contribution in [1.82, 2.24) is 4.90 Å². The van der Waals surface area contributed by atoms with Gasteiger partial charge >= 0.3 is 0 Å². The molecule has 0 fully saturated rings. The third kappa shape index (κ3) is 4.11. The van der Waals surface area contributed by atoms with E-state index in [2.05, 4.69) is 23.1 Å². The maximum atomic E-state index is 13.5. The number of fused-ring (bicyclic) bond motifs is 4. The van der Waals surface area contributed by atoms with Gasteiger partial charge in [0.25, 0.3) is 0 Å². The lowest BCUT2D eigenvalue weighted by molar-refractivity contribution is 0.157. The Morgan fingerprint density at radius 3 is 2.48 bits per heavy atom. The topological polar surface area (TPSA) is 40.2 Å². The Bertz CT molecular complexity index is 1190. The first-order valence-electron chi connectivity index (χ1n) is 10.9. The lowest BCUT2D eigenvalue weighted by Gasteiger charge is -2.42. The molecule has 1 atom stereocenters. The Hall–Kier alpha value is -2.90. The minimum absolute atomic E-state index is 0.277. The molecule has 5 nitrogen and oxygen atoms in total. The van der Waals surface area contributed by atoms with Gasteiger partial charge in [-0.2, -0.15) is 0 Å². The number of nitrogens with zero attached hydrogens (tertiary/aromatic N) is 1. The number of methoxy groups -OCH3 is 3. The first-order valence-corrected chi connectivity index (χ1v) is 11.6. The van der Waals surface area contributed by atoms with Crippen LogP contribution in [-0.2, 0) is 19.4 Å². The molecule has 172 valence electrons. The summed E-state index contributed by atoms with van der Waals surface area (Å²) in [6, 6.07) is 14.9. The lowest BCUT2D eigenvalue weighted by atomic mass is 9.83. The monoisotopic (exact) mass is 467 g/mol. The highest BCUT2D eigenvalue weighted by molar-refractivity contribution is 7.95. The van der Waals surface area contributed by atoms with Crippen LogP contribution in [0.15, 0.2) is 53.4 Å². The van der Waals surface area contributed by atoms with E-state index >= 15 is 0 Å². The highest BCUT2D eigenvalue weighted by atomic mass is 32.2. The van der Waals surface area contributed by atoms with Gasteiger partial charge in [0.15, 0.2) is 23.0 Å². The standard InChI is InChI=1S/C26H26FNO4S/c1-29-24-12-17-9-10-28-15-21-16(11-22(28)20(17)14-25(24)30-2)7-8-23(26(21)31-3)32-33-19-6-4-5-18(27)13-19/h4-8,12-14,22H,9-11,15H2,1-3H3. The molecule has 1 unspecified atom stereocenters. The van der Waals surface area contributed by atoms with Gasteiger partial charge in [0.05, 0.1) is 38.3 Å². The van der Waals surface area contributed by atoms with Crippen molar-refractivity contribution in [1.29, 1.82) is 0 Å². The summed E-state index contributed by atoms with van der Waals surface area (Å²) in [7, 11) is 5.02. The van der Waals surface area contributed by atoms with Gasteiger partial charge in [-0.15, -0.1) is 0 Å². The van der Waals surface area contributed by atoms with E-state index in [1.54, 1.807) is 27.4 Å². The fraction of sp³-hybridized carbons (Fsp3) is 0.308. The van der Waals surface area contributed by atoms with Gasteiger partial charge in [-0.1, -0.05) is 12.1 Å². The van der Waals surface area contributed by atoms with Crippen LogP contribution in [0.25, 0.3) is 0 Å². The molecule has 0 aliphatic carbocycles. The van der Waals surface area contributed by atoms with Crippen molar-refractivity contribution < 1.29 is 22.8 Å². The van der Waals surface area contributed by atoms with Crippen LogP contribution in [-0.4, -0.2) is 32.8 Å². The van der Waals surface area contributed by atoms with E-state index in [-0.39, 0.29) is 11.9 Å². The van der Waals surface area contributed by atoms with E-state index in [0.717, 1.165) is 60.8 Å². The Morgan fingerprint density at radius 1 is 0.909 bits per heavy atom. The fourth-order valence-corrected chi connectivity index (χ4v) is 5.44. The van der Waals surface area contributed by atoms with E-state index in [1.165, 1.54) is 28.8 Å². The smallest absolute Gasteiger partial charge is 0.180 e. The lowest BCUT2D eigenvalue weighted by Crippen LogP contribution is -2.39. The number of halogens is 1. The molecule has 2 aliphatic heterocycles. The van der Waals surface area contributed by atoms with Gasteiger partial charge in [-0.25, -0.2) is 4.39 Å². The van der Waals surface area contributed by atoms with Crippen LogP contribution in [0.4, 0.5) is 4.39 Å². The predicted molar refractivity (Wildman–Crippen MR) is 126 cm³/mol. The zero-order valence-electron chi connectivity index (χ0n) is 18.9. The third-order valence-electron chi connectivity index (χ3n) is 6.44. The molecule has 0 saturated carbocycles. The van der Waals surface area contributed by atoms with E-state index in [4.69, 9.17) is 18.4 Å². The first-order chi connectivity index (χ1) is 16.1. The summed E-state index contributed by atoms with van der Waals surface area (Å²) in [4.78, 5) is 3.19. The molecular weight excluding hydrogens is 441 g/mol. The molecule has 2 aliphatic rings. The highest BCUT2D eigenvalue weighted by Crippen LogP contribution is 2.46. The van der Waals surface area contributed by atoms with Gasteiger partial charge in [0.1, 0.15) is 5.82 Å². The van der Waals surface area contributed by atoms with Crippen LogP contribution in [0.3, 0.4) is 0 Å². The first kappa shape index (κ1) is 21.9. The van der Waals surface area contributed by atoms with Crippen molar-refractivity contribution in [2.45, 2.75) is 30.3 Å². The predicted octanol–water partition coefficient (Wildman–Crippen LogP) is 5.59. The van der Waals surface area contributed by atoms with E-state index in [1.807, 2.05) is 12.1 Å². The number of hydrogen-bond acceptors (Lipinski definition) is 6. The third-order valence-corrected chi connectivity index (χ3v) is 7.15. The van der Waals surface area contributed by atoms with Crippen molar-refractivity contribution in [2.75, 3.05) is 27.9 Å². The summed E-state index contributed by atoms with van der Waals surface area (Å²) in [5.74, 6) is 2.65. The molecule has 5 rings (SSSR count). The average molecular weight is 468 g/mol. The number of ether oxygens (including phenoxy) is 3. The van der Waals surface area contributed by atoms with Crippen molar-refractivity contribution in [3.63, 3.8) is 0 Å². The van der Waals surface area contributed by atoms with Crippen molar-refractivity contribution in [3.05, 3.63) is 76.6 Å². The van der Waals surface area contributed by atoms with E-state index in [0.29, 0.717) is 10.6 Å². The van der Waals surface area contributed by atoms with Crippen molar-refractivity contribution in [2.24, 2.45) is 0 Å². The van der Waals surface area contributed by atoms with Crippen LogP contribution in [0.1, 0.15) is 28.3 Å². The van der Waals surface area contributed by atoms with Crippen molar-refractivity contribution >= 4 is 12.0 Å². The Balaban J connectivity index is 1.44. The molecule has 0 aromatic heterocycles. The molecule has 3 aromatic carbocycles. The molecule has 0 saturated heterocycles. The molecule has 0 bridgehead atoms. The van der Waals surface area contributed by atoms with E-state index < -0.39 is 0 Å². The number of hydrogen-bond donors (Lipinski definition) is 0. The highest BCUT2D eigenvalue weighted by Gasteiger charge is 2.35. The summed E-state index contributed by atoms with van der Waals surface area (Å²) >= 11 is 1.13. The Kier molecular flexibility index (Phi) is 6.08. The number of rotatable bonds is 6. The molecule has 2 heterocycles. The summed E-state index contributed by atoms with van der Waals surface area (Å²) in [6.45, 7) is 1.73. The minimum Gasteiger partial charge on any atom is -0.493 e. The van der Waals surface area contributed by atoms with Gasteiger partial charge in [0, 0.05) is 24.7 Å². The van der Waals surface area contributed by atoms with Crippen LogP contribution >= 0.6 is 12.0 Å². The molecule has 0 amide bonds. The molecular formula is C26H26FNO4S. The number of benzene rings is 3. The molecule has 33 heavy (non-hydrogen) atoms. The maximum Gasteiger partial charge on any atom is 0.180 e. The molecule has 0 N–H and O–H groups in total. The van der Waals surface area contributed by atoms with Gasteiger partial charge < -0.3 is 18.4 Å². The average Bonchev–Trinajstić information content (AvgIpc) is 2.85. The van der Waals surface area contributed by atoms with E-state index in [9.17, 15) is 4.39 Å². The summed E-state index contributed by atoms with van der Waals surface area (Å²) in [5, 5.41) is 0. The quantitative estimate of drug-likeness (QED) is 0.440. The largest absolute Gasteiger partial charge is 0.493 e. The fourth-order valence-electron chi connectivity index (χ4n) is 4.83. The zero-order chi connectivity index (χ0) is 22.9. The molecule has 7 heteroatoms. The van der Waals surface area contributed by atoms with Gasteiger partial charge in [0.2, 0.25) is 0 Å². The second-order valence-electron chi connectivity index (χ2n) is 8.21. The normalized spacial score (nSPS) is 16.9. The minimum atomic E-state index is -0.285. The summed E-state index contributed by atoms with van der Waals surface area (Å²) in [6.07, 6.45) is 1.83. The second kappa shape index (κ2) is 9.15. The summed E-state index contributed by atoms with van der Waals surface area (Å²) in [5.41, 5.74) is 5.01. The Labute approximate surface area is 197 Å². The van der Waals surface area contributed by atoms with Crippen LogP contribution in [0, 0.1) is 5.82 Å². The van der Waals surface area contributed by atoms with Crippen LogP contribution in [0.2, 0.25) is 0 Å². The maximum absolute atomic E-state index is 13.5. The van der Waals surface area contributed by atoms with Crippen molar-refractivity contribution in [3.8, 4) is 23.0 Å². The van der Waals surface area contributed by atoms with Gasteiger partial charge in [-0.3, -0.25) is 4.90 Å². The zero-order valence-corrected chi connectivity index (χ0v) is 19.7. The van der Waals surface area contributed by atoms with Gasteiger partial charge in [-0.05, 0) is 65.9 Å².